The van der Waals surface area contributed by atoms with Gasteiger partial charge in [0.05, 0.1) is 22.2 Å². The minimum absolute atomic E-state index is 0.0216. The van der Waals surface area contributed by atoms with Gasteiger partial charge in [-0.3, -0.25) is 4.79 Å². The van der Waals surface area contributed by atoms with Crippen molar-refractivity contribution in [3.8, 4) is 45.0 Å². The summed E-state index contributed by atoms with van der Waals surface area (Å²) in [6.07, 6.45) is 0. The third-order valence-corrected chi connectivity index (χ3v) is 6.90. The summed E-state index contributed by atoms with van der Waals surface area (Å²) in [5, 5.41) is 1.16. The minimum Gasteiger partial charge on any atom is -0.456 e. The van der Waals surface area contributed by atoms with E-state index in [1.165, 1.54) is 0 Å². The van der Waals surface area contributed by atoms with Crippen molar-refractivity contribution in [1.29, 1.82) is 0 Å². The first-order valence-electron chi connectivity index (χ1n) is 12.8. The molecule has 0 spiro atoms. The Balaban J connectivity index is 1.36. The standard InChI is InChI=1S/C35H22N2O2/c38-34-28-16-7-8-17-32(28)39-33-21-26(18-19-29(33)34)25-14-9-15-27(20-25)35-36-30(23-10-3-1-4-11-23)22-31(37-35)24-12-5-2-6-13-24/h1-22H. The van der Waals surface area contributed by atoms with Crippen LogP contribution < -0.4 is 5.43 Å². The lowest BCUT2D eigenvalue weighted by molar-refractivity contribution is 0.660. The summed E-state index contributed by atoms with van der Waals surface area (Å²) in [4.78, 5) is 22.9. The van der Waals surface area contributed by atoms with Gasteiger partial charge in [-0.25, -0.2) is 9.97 Å². The van der Waals surface area contributed by atoms with Crippen LogP contribution in [0.3, 0.4) is 0 Å². The molecule has 4 heteroatoms. The largest absolute Gasteiger partial charge is 0.456 e. The van der Waals surface area contributed by atoms with Gasteiger partial charge in [0.2, 0.25) is 5.43 Å². The molecule has 0 unspecified atom stereocenters. The molecule has 0 aliphatic carbocycles. The molecular weight excluding hydrogens is 480 g/mol. The van der Waals surface area contributed by atoms with Crippen LogP contribution in [0.2, 0.25) is 0 Å². The lowest BCUT2D eigenvalue weighted by Crippen LogP contribution is -2.01. The quantitative estimate of drug-likeness (QED) is 0.227. The maximum atomic E-state index is 13.0. The fourth-order valence-corrected chi connectivity index (χ4v) is 4.91. The van der Waals surface area contributed by atoms with E-state index in [9.17, 15) is 4.79 Å². The average molecular weight is 503 g/mol. The number of para-hydroxylation sites is 1. The van der Waals surface area contributed by atoms with Crippen LogP contribution >= 0.6 is 0 Å². The summed E-state index contributed by atoms with van der Waals surface area (Å²) in [7, 11) is 0. The SMILES string of the molecule is O=c1c2ccccc2oc2cc(-c3cccc(-c4nc(-c5ccccc5)cc(-c5ccccc5)n4)c3)ccc12. The summed E-state index contributed by atoms with van der Waals surface area (Å²) in [5.74, 6) is 0.648. The Labute approximate surface area is 224 Å². The Morgan fingerprint density at radius 3 is 1.72 bits per heavy atom. The molecule has 0 amide bonds. The molecule has 39 heavy (non-hydrogen) atoms. The van der Waals surface area contributed by atoms with E-state index in [4.69, 9.17) is 14.4 Å². The van der Waals surface area contributed by atoms with Gasteiger partial charge in [-0.15, -0.1) is 0 Å². The highest BCUT2D eigenvalue weighted by Gasteiger charge is 2.13. The highest BCUT2D eigenvalue weighted by Crippen LogP contribution is 2.31. The van der Waals surface area contributed by atoms with E-state index in [2.05, 4.69) is 30.3 Å². The van der Waals surface area contributed by atoms with Gasteiger partial charge in [-0.2, -0.15) is 0 Å². The lowest BCUT2D eigenvalue weighted by atomic mass is 10.0. The Hall–Kier alpha value is -5.35. The van der Waals surface area contributed by atoms with Crippen LogP contribution in [-0.2, 0) is 0 Å². The Bertz CT molecular complexity index is 1970. The third-order valence-electron chi connectivity index (χ3n) is 6.90. The third kappa shape index (κ3) is 4.28. The molecule has 0 atom stereocenters. The molecule has 7 aromatic rings. The van der Waals surface area contributed by atoms with E-state index >= 15 is 0 Å². The first kappa shape index (κ1) is 22.8. The minimum atomic E-state index is -0.0216. The summed E-state index contributed by atoms with van der Waals surface area (Å²) in [6, 6.07) is 43.6. The Morgan fingerprint density at radius 1 is 0.436 bits per heavy atom. The maximum Gasteiger partial charge on any atom is 0.200 e. The molecular formula is C35H22N2O2. The van der Waals surface area contributed by atoms with Crippen LogP contribution in [0.5, 0.6) is 0 Å². The van der Waals surface area contributed by atoms with Crippen molar-refractivity contribution in [1.82, 2.24) is 9.97 Å². The summed E-state index contributed by atoms with van der Waals surface area (Å²) in [6.45, 7) is 0. The van der Waals surface area contributed by atoms with Crippen molar-refractivity contribution < 1.29 is 4.42 Å². The second-order valence-corrected chi connectivity index (χ2v) is 9.41. The Morgan fingerprint density at radius 2 is 1.00 bits per heavy atom. The predicted octanol–water partition coefficient (Wildman–Crippen LogP) is 8.40. The molecule has 2 aromatic heterocycles. The number of benzene rings is 5. The second kappa shape index (κ2) is 9.51. The second-order valence-electron chi connectivity index (χ2n) is 9.41. The average Bonchev–Trinajstić information content (AvgIpc) is 3.02. The fraction of sp³-hybridized carbons (Fsp3) is 0. The van der Waals surface area contributed by atoms with Crippen LogP contribution in [0.1, 0.15) is 0 Å². The van der Waals surface area contributed by atoms with Gasteiger partial charge in [0.15, 0.2) is 5.82 Å². The number of hydrogen-bond acceptors (Lipinski definition) is 4. The van der Waals surface area contributed by atoms with E-state index in [0.29, 0.717) is 27.8 Å². The summed E-state index contributed by atoms with van der Waals surface area (Å²) < 4.78 is 6.11. The molecule has 4 nitrogen and oxygen atoms in total. The maximum absolute atomic E-state index is 13.0. The zero-order valence-corrected chi connectivity index (χ0v) is 20.9. The Kier molecular flexibility index (Phi) is 5.56. The van der Waals surface area contributed by atoms with E-state index < -0.39 is 0 Å². The topological polar surface area (TPSA) is 56.0 Å². The van der Waals surface area contributed by atoms with Crippen molar-refractivity contribution in [3.05, 3.63) is 144 Å². The molecule has 2 heterocycles. The van der Waals surface area contributed by atoms with Gasteiger partial charge in [-0.1, -0.05) is 97.1 Å². The van der Waals surface area contributed by atoms with Crippen LogP contribution in [0.25, 0.3) is 67.0 Å². The number of aromatic nitrogens is 2. The molecule has 0 saturated heterocycles. The zero-order chi connectivity index (χ0) is 26.2. The highest BCUT2D eigenvalue weighted by molar-refractivity contribution is 5.92. The van der Waals surface area contributed by atoms with Crippen molar-refractivity contribution in [2.24, 2.45) is 0 Å². The van der Waals surface area contributed by atoms with Crippen LogP contribution in [0.15, 0.2) is 143 Å². The number of fused-ring (bicyclic) bond motifs is 2. The van der Waals surface area contributed by atoms with E-state index in [1.54, 1.807) is 6.07 Å². The van der Waals surface area contributed by atoms with Gasteiger partial charge in [0.25, 0.3) is 0 Å². The lowest BCUT2D eigenvalue weighted by Gasteiger charge is -2.11. The monoisotopic (exact) mass is 502 g/mol. The van der Waals surface area contributed by atoms with Crippen molar-refractivity contribution in [2.45, 2.75) is 0 Å². The van der Waals surface area contributed by atoms with Crippen molar-refractivity contribution in [2.75, 3.05) is 0 Å². The molecule has 0 fully saturated rings. The van der Waals surface area contributed by atoms with Crippen LogP contribution in [0.4, 0.5) is 0 Å². The normalized spacial score (nSPS) is 11.2. The number of nitrogens with zero attached hydrogens (tertiary/aromatic N) is 2. The first-order chi connectivity index (χ1) is 19.2. The summed E-state index contributed by atoms with van der Waals surface area (Å²) in [5.41, 5.74) is 7.77. The molecule has 0 bridgehead atoms. The van der Waals surface area contributed by atoms with E-state index in [1.807, 2.05) is 97.1 Å². The van der Waals surface area contributed by atoms with Gasteiger partial charge < -0.3 is 4.42 Å². The van der Waals surface area contributed by atoms with Crippen LogP contribution in [-0.4, -0.2) is 9.97 Å². The highest BCUT2D eigenvalue weighted by atomic mass is 16.3. The molecule has 0 aliphatic heterocycles. The molecule has 7 rings (SSSR count). The summed E-state index contributed by atoms with van der Waals surface area (Å²) >= 11 is 0. The van der Waals surface area contributed by atoms with Gasteiger partial charge in [0, 0.05) is 16.7 Å². The van der Waals surface area contributed by atoms with Crippen molar-refractivity contribution >= 4 is 21.9 Å². The molecule has 0 aliphatic rings. The van der Waals surface area contributed by atoms with Crippen LogP contribution in [0, 0.1) is 0 Å². The smallest absolute Gasteiger partial charge is 0.200 e. The van der Waals surface area contributed by atoms with Gasteiger partial charge in [0.1, 0.15) is 11.2 Å². The molecule has 0 saturated carbocycles. The van der Waals surface area contributed by atoms with Crippen molar-refractivity contribution in [3.63, 3.8) is 0 Å². The zero-order valence-electron chi connectivity index (χ0n) is 20.9. The first-order valence-corrected chi connectivity index (χ1v) is 12.8. The number of rotatable bonds is 4. The van der Waals surface area contributed by atoms with E-state index in [-0.39, 0.29) is 5.43 Å². The molecule has 0 N–H and O–H groups in total. The number of hydrogen-bond donors (Lipinski definition) is 0. The fourth-order valence-electron chi connectivity index (χ4n) is 4.91. The van der Waals surface area contributed by atoms with Gasteiger partial charge >= 0.3 is 0 Å². The molecule has 0 radical (unpaired) electrons. The van der Waals surface area contributed by atoms with E-state index in [0.717, 1.165) is 39.2 Å². The molecule has 184 valence electrons. The predicted molar refractivity (Wildman–Crippen MR) is 157 cm³/mol. The van der Waals surface area contributed by atoms with Gasteiger partial charge in [-0.05, 0) is 47.5 Å². The molecule has 5 aromatic carbocycles.